The Morgan fingerprint density at radius 1 is 1.32 bits per heavy atom. The SMILES string of the molecule is Cc1cccc(C(NC(=O)O)C(=O)OC(C)(C)C)c1. The average Bonchev–Trinajstić information content (AvgIpc) is 2.23. The zero-order valence-electron chi connectivity index (χ0n) is 11.6. The van der Waals surface area contributed by atoms with Crippen molar-refractivity contribution < 1.29 is 19.4 Å². The summed E-state index contributed by atoms with van der Waals surface area (Å²) in [5, 5.41) is 11.0. The van der Waals surface area contributed by atoms with E-state index >= 15 is 0 Å². The first-order valence-electron chi connectivity index (χ1n) is 5.98. The third-order valence-corrected chi connectivity index (χ3v) is 2.29. The van der Waals surface area contributed by atoms with Gasteiger partial charge in [0.2, 0.25) is 0 Å². The van der Waals surface area contributed by atoms with Gasteiger partial charge in [0.1, 0.15) is 5.60 Å². The molecule has 0 aliphatic rings. The summed E-state index contributed by atoms with van der Waals surface area (Å²) < 4.78 is 5.23. The van der Waals surface area contributed by atoms with Gasteiger partial charge in [-0.25, -0.2) is 9.59 Å². The highest BCUT2D eigenvalue weighted by Gasteiger charge is 2.28. The first-order valence-corrected chi connectivity index (χ1v) is 5.98. The number of amides is 1. The van der Waals surface area contributed by atoms with Crippen LogP contribution in [0, 0.1) is 6.92 Å². The molecule has 0 bridgehead atoms. The number of carbonyl (C=O) groups is 2. The van der Waals surface area contributed by atoms with E-state index in [1.165, 1.54) is 0 Å². The fourth-order valence-corrected chi connectivity index (χ4v) is 1.61. The first kappa shape index (κ1) is 15.0. The molecule has 1 amide bonds. The molecule has 1 aromatic carbocycles. The van der Waals surface area contributed by atoms with Gasteiger partial charge in [-0.15, -0.1) is 0 Å². The van der Waals surface area contributed by atoms with Crippen molar-refractivity contribution >= 4 is 12.1 Å². The molecule has 0 aromatic heterocycles. The fourth-order valence-electron chi connectivity index (χ4n) is 1.61. The molecule has 0 heterocycles. The minimum Gasteiger partial charge on any atom is -0.465 e. The lowest BCUT2D eigenvalue weighted by molar-refractivity contribution is -0.157. The normalized spacial score (nSPS) is 12.6. The van der Waals surface area contributed by atoms with Gasteiger partial charge >= 0.3 is 12.1 Å². The van der Waals surface area contributed by atoms with E-state index in [0.717, 1.165) is 5.56 Å². The Morgan fingerprint density at radius 2 is 1.95 bits per heavy atom. The first-order chi connectivity index (χ1) is 8.69. The second-order valence-electron chi connectivity index (χ2n) is 5.33. The number of rotatable bonds is 3. The van der Waals surface area contributed by atoms with E-state index in [-0.39, 0.29) is 0 Å². The number of hydrogen-bond donors (Lipinski definition) is 2. The number of nitrogens with one attached hydrogen (secondary N) is 1. The predicted molar refractivity (Wildman–Crippen MR) is 70.9 cm³/mol. The number of aryl methyl sites for hydroxylation is 1. The lowest BCUT2D eigenvalue weighted by Gasteiger charge is -2.24. The summed E-state index contributed by atoms with van der Waals surface area (Å²) in [5.74, 6) is -0.611. The van der Waals surface area contributed by atoms with Crippen LogP contribution in [0.25, 0.3) is 0 Å². The van der Waals surface area contributed by atoms with Crippen molar-refractivity contribution in [2.75, 3.05) is 0 Å². The largest absolute Gasteiger partial charge is 0.465 e. The molecule has 0 spiro atoms. The maximum absolute atomic E-state index is 12.1. The molecular weight excluding hydrogens is 246 g/mol. The third-order valence-electron chi connectivity index (χ3n) is 2.29. The summed E-state index contributed by atoms with van der Waals surface area (Å²) in [4.78, 5) is 22.9. The predicted octanol–water partition coefficient (Wildman–Crippen LogP) is 2.65. The molecule has 2 N–H and O–H groups in total. The summed E-state index contributed by atoms with van der Waals surface area (Å²) in [6.07, 6.45) is -1.27. The number of benzene rings is 1. The van der Waals surface area contributed by atoms with Gasteiger partial charge in [0.25, 0.3) is 0 Å². The number of esters is 1. The molecular formula is C14H19NO4. The smallest absolute Gasteiger partial charge is 0.405 e. The summed E-state index contributed by atoms with van der Waals surface area (Å²) in [6, 6.07) is 6.07. The molecule has 0 fully saturated rings. The van der Waals surface area contributed by atoms with Crippen LogP contribution in [0.2, 0.25) is 0 Å². The molecule has 1 atom stereocenters. The summed E-state index contributed by atoms with van der Waals surface area (Å²) in [6.45, 7) is 7.08. The maximum atomic E-state index is 12.1. The highest BCUT2D eigenvalue weighted by atomic mass is 16.6. The van der Waals surface area contributed by atoms with Gasteiger partial charge in [-0.1, -0.05) is 29.8 Å². The van der Waals surface area contributed by atoms with Gasteiger partial charge in [-0.3, -0.25) is 0 Å². The third kappa shape index (κ3) is 4.99. The van der Waals surface area contributed by atoms with E-state index in [0.29, 0.717) is 5.56 Å². The number of carboxylic acid groups (broad SMARTS) is 1. The van der Waals surface area contributed by atoms with Crippen LogP contribution in [0.5, 0.6) is 0 Å². The minimum absolute atomic E-state index is 0.566. The molecule has 0 aliphatic carbocycles. The molecule has 19 heavy (non-hydrogen) atoms. The Labute approximate surface area is 112 Å². The quantitative estimate of drug-likeness (QED) is 0.824. The second kappa shape index (κ2) is 5.73. The summed E-state index contributed by atoms with van der Waals surface area (Å²) in [7, 11) is 0. The van der Waals surface area contributed by atoms with Crippen molar-refractivity contribution in [3.63, 3.8) is 0 Å². The molecule has 5 heteroatoms. The Bertz CT molecular complexity index is 477. The van der Waals surface area contributed by atoms with E-state index in [9.17, 15) is 9.59 Å². The van der Waals surface area contributed by atoms with Gasteiger partial charge in [0.05, 0.1) is 0 Å². The van der Waals surface area contributed by atoms with Crippen LogP contribution in [0.15, 0.2) is 24.3 Å². The second-order valence-corrected chi connectivity index (χ2v) is 5.33. The Balaban J connectivity index is 3.01. The minimum atomic E-state index is -1.27. The van der Waals surface area contributed by atoms with Crippen LogP contribution in [0.3, 0.4) is 0 Å². The number of carbonyl (C=O) groups excluding carboxylic acids is 1. The molecule has 5 nitrogen and oxygen atoms in total. The van der Waals surface area contributed by atoms with E-state index < -0.39 is 23.7 Å². The van der Waals surface area contributed by atoms with Crippen molar-refractivity contribution in [1.29, 1.82) is 0 Å². The number of hydrogen-bond acceptors (Lipinski definition) is 3. The number of ether oxygens (including phenoxy) is 1. The zero-order chi connectivity index (χ0) is 14.6. The fraction of sp³-hybridized carbons (Fsp3) is 0.429. The highest BCUT2D eigenvalue weighted by Crippen LogP contribution is 2.19. The molecule has 0 radical (unpaired) electrons. The van der Waals surface area contributed by atoms with E-state index in [1.807, 2.05) is 13.0 Å². The standard InChI is InChI=1S/C14H19NO4/c1-9-6-5-7-10(8-9)11(15-13(17)18)12(16)19-14(2,3)4/h5-8,11,15H,1-4H3,(H,17,18). The maximum Gasteiger partial charge on any atom is 0.405 e. The topological polar surface area (TPSA) is 75.6 Å². The van der Waals surface area contributed by atoms with Gasteiger partial charge in [-0.05, 0) is 33.3 Å². The Morgan fingerprint density at radius 3 is 2.42 bits per heavy atom. The van der Waals surface area contributed by atoms with Gasteiger partial charge in [0, 0.05) is 0 Å². The van der Waals surface area contributed by atoms with Crippen molar-refractivity contribution in [3.8, 4) is 0 Å². The monoisotopic (exact) mass is 265 g/mol. The van der Waals surface area contributed by atoms with Crippen LogP contribution in [-0.2, 0) is 9.53 Å². The Hall–Kier alpha value is -2.04. The van der Waals surface area contributed by atoms with Gasteiger partial charge < -0.3 is 15.2 Å². The van der Waals surface area contributed by atoms with Crippen LogP contribution in [0.4, 0.5) is 4.79 Å². The van der Waals surface area contributed by atoms with Crippen molar-refractivity contribution in [1.82, 2.24) is 5.32 Å². The highest BCUT2D eigenvalue weighted by molar-refractivity contribution is 5.82. The van der Waals surface area contributed by atoms with Gasteiger partial charge in [-0.2, -0.15) is 0 Å². The van der Waals surface area contributed by atoms with Crippen LogP contribution in [0.1, 0.15) is 37.9 Å². The van der Waals surface area contributed by atoms with Crippen molar-refractivity contribution in [2.45, 2.75) is 39.3 Å². The van der Waals surface area contributed by atoms with E-state index in [1.54, 1.807) is 39.0 Å². The zero-order valence-corrected chi connectivity index (χ0v) is 11.6. The van der Waals surface area contributed by atoms with E-state index in [2.05, 4.69) is 5.32 Å². The van der Waals surface area contributed by atoms with Crippen LogP contribution >= 0.6 is 0 Å². The molecule has 0 saturated heterocycles. The van der Waals surface area contributed by atoms with Crippen LogP contribution < -0.4 is 5.32 Å². The van der Waals surface area contributed by atoms with Crippen molar-refractivity contribution in [3.05, 3.63) is 35.4 Å². The summed E-state index contributed by atoms with van der Waals surface area (Å²) >= 11 is 0. The Kier molecular flexibility index (Phi) is 4.53. The average molecular weight is 265 g/mol. The molecule has 104 valence electrons. The molecule has 1 rings (SSSR count). The van der Waals surface area contributed by atoms with E-state index in [4.69, 9.17) is 9.84 Å². The summed E-state index contributed by atoms with van der Waals surface area (Å²) in [5.41, 5.74) is 0.842. The van der Waals surface area contributed by atoms with Crippen molar-refractivity contribution in [2.24, 2.45) is 0 Å². The molecule has 1 aromatic rings. The van der Waals surface area contributed by atoms with Gasteiger partial charge in [0.15, 0.2) is 6.04 Å². The lowest BCUT2D eigenvalue weighted by atomic mass is 10.0. The molecule has 0 saturated carbocycles. The lowest BCUT2D eigenvalue weighted by Crippen LogP contribution is -2.37. The molecule has 1 unspecified atom stereocenters. The van der Waals surface area contributed by atoms with Crippen LogP contribution in [-0.4, -0.2) is 22.8 Å². The molecule has 0 aliphatic heterocycles.